The van der Waals surface area contributed by atoms with Gasteiger partial charge in [-0.05, 0) is 19.1 Å². The number of hydrogen-bond acceptors (Lipinski definition) is 4. The molecule has 0 aliphatic rings. The van der Waals surface area contributed by atoms with E-state index in [2.05, 4.69) is 10.1 Å². The lowest BCUT2D eigenvalue weighted by Crippen LogP contribution is -1.87. The molecule has 0 aliphatic heterocycles. The molecule has 0 spiro atoms. The zero-order valence-corrected chi connectivity index (χ0v) is 10.3. The third-order valence-electron chi connectivity index (χ3n) is 1.95. The van der Waals surface area contributed by atoms with Crippen LogP contribution in [-0.4, -0.2) is 10.1 Å². The molecular formula is C11H11ClN2OS. The second kappa shape index (κ2) is 5.37. The van der Waals surface area contributed by atoms with E-state index in [-0.39, 0.29) is 5.38 Å². The number of hydrogen-bond donors (Lipinski definition) is 0. The number of aromatic nitrogens is 2. The van der Waals surface area contributed by atoms with Crippen LogP contribution < -0.4 is 0 Å². The van der Waals surface area contributed by atoms with E-state index in [1.807, 2.05) is 37.3 Å². The van der Waals surface area contributed by atoms with E-state index in [9.17, 15) is 0 Å². The molecule has 16 heavy (non-hydrogen) atoms. The van der Waals surface area contributed by atoms with E-state index in [1.54, 1.807) is 11.8 Å². The molecule has 0 aliphatic carbocycles. The van der Waals surface area contributed by atoms with Gasteiger partial charge in [-0.25, -0.2) is 0 Å². The van der Waals surface area contributed by atoms with E-state index in [0.29, 0.717) is 17.5 Å². The molecule has 5 heteroatoms. The van der Waals surface area contributed by atoms with Crippen molar-refractivity contribution in [3.63, 3.8) is 0 Å². The van der Waals surface area contributed by atoms with Gasteiger partial charge < -0.3 is 4.52 Å². The smallest absolute Gasteiger partial charge is 0.237 e. The summed E-state index contributed by atoms with van der Waals surface area (Å²) in [5.41, 5.74) is 0. The summed E-state index contributed by atoms with van der Waals surface area (Å²) in [5.74, 6) is 1.82. The van der Waals surface area contributed by atoms with Gasteiger partial charge in [-0.3, -0.25) is 0 Å². The molecule has 0 N–H and O–H groups in total. The molecule has 1 unspecified atom stereocenters. The highest BCUT2D eigenvalue weighted by molar-refractivity contribution is 7.98. The topological polar surface area (TPSA) is 38.9 Å². The summed E-state index contributed by atoms with van der Waals surface area (Å²) in [6, 6.07) is 10.1. The summed E-state index contributed by atoms with van der Waals surface area (Å²) >= 11 is 7.50. The predicted octanol–water partition coefficient (Wildman–Crippen LogP) is 3.66. The van der Waals surface area contributed by atoms with Crippen molar-refractivity contribution in [2.75, 3.05) is 0 Å². The van der Waals surface area contributed by atoms with E-state index < -0.39 is 0 Å². The van der Waals surface area contributed by atoms with E-state index in [1.165, 1.54) is 4.90 Å². The lowest BCUT2D eigenvalue weighted by molar-refractivity contribution is 0.385. The minimum Gasteiger partial charge on any atom is -0.338 e. The molecule has 0 radical (unpaired) electrons. The van der Waals surface area contributed by atoms with Crippen LogP contribution in [0.4, 0.5) is 0 Å². The Kier molecular flexibility index (Phi) is 3.85. The second-order valence-corrected chi connectivity index (χ2v) is 4.97. The summed E-state index contributed by atoms with van der Waals surface area (Å²) in [5, 5.41) is 3.59. The van der Waals surface area contributed by atoms with Gasteiger partial charge in [-0.1, -0.05) is 23.4 Å². The molecule has 0 amide bonds. The Labute approximate surface area is 103 Å². The van der Waals surface area contributed by atoms with Crippen LogP contribution in [-0.2, 0) is 5.75 Å². The van der Waals surface area contributed by atoms with Gasteiger partial charge in [0.2, 0.25) is 5.89 Å². The molecular weight excluding hydrogens is 244 g/mol. The van der Waals surface area contributed by atoms with Gasteiger partial charge in [0, 0.05) is 4.90 Å². The maximum atomic E-state index is 5.84. The molecule has 0 saturated carbocycles. The largest absolute Gasteiger partial charge is 0.338 e. The molecule has 3 nitrogen and oxygen atoms in total. The van der Waals surface area contributed by atoms with Gasteiger partial charge >= 0.3 is 0 Å². The molecule has 0 fully saturated rings. The lowest BCUT2D eigenvalue weighted by atomic mass is 10.4. The standard InChI is InChI=1S/C11H11ClN2OS/c1-8(12)11-13-10(15-14-11)7-16-9-5-3-2-4-6-9/h2-6,8H,7H2,1H3. The highest BCUT2D eigenvalue weighted by atomic mass is 35.5. The van der Waals surface area contributed by atoms with Gasteiger partial charge in [-0.15, -0.1) is 23.4 Å². The summed E-state index contributed by atoms with van der Waals surface area (Å²) in [4.78, 5) is 5.38. The van der Waals surface area contributed by atoms with Crippen molar-refractivity contribution in [3.8, 4) is 0 Å². The van der Waals surface area contributed by atoms with Crippen molar-refractivity contribution in [1.29, 1.82) is 0 Å². The molecule has 1 aromatic heterocycles. The van der Waals surface area contributed by atoms with Crippen molar-refractivity contribution >= 4 is 23.4 Å². The highest BCUT2D eigenvalue weighted by Gasteiger charge is 2.10. The van der Waals surface area contributed by atoms with Crippen LogP contribution in [0.15, 0.2) is 39.8 Å². The summed E-state index contributed by atoms with van der Waals surface area (Å²) in [6.45, 7) is 1.82. The van der Waals surface area contributed by atoms with Crippen LogP contribution >= 0.6 is 23.4 Å². The molecule has 0 bridgehead atoms. The first-order valence-electron chi connectivity index (χ1n) is 4.90. The number of alkyl halides is 1. The highest BCUT2D eigenvalue weighted by Crippen LogP contribution is 2.22. The average molecular weight is 255 g/mol. The number of halogens is 1. The van der Waals surface area contributed by atoms with Crippen molar-refractivity contribution in [2.24, 2.45) is 0 Å². The van der Waals surface area contributed by atoms with Crippen molar-refractivity contribution in [1.82, 2.24) is 10.1 Å². The number of benzene rings is 1. The average Bonchev–Trinajstić information content (AvgIpc) is 2.76. The van der Waals surface area contributed by atoms with Gasteiger partial charge in [0.15, 0.2) is 5.82 Å². The minimum absolute atomic E-state index is 0.209. The van der Waals surface area contributed by atoms with Crippen LogP contribution in [0.5, 0.6) is 0 Å². The predicted molar refractivity (Wildman–Crippen MR) is 64.6 cm³/mol. The van der Waals surface area contributed by atoms with E-state index in [4.69, 9.17) is 16.1 Å². The molecule has 0 saturated heterocycles. The van der Waals surface area contributed by atoms with Gasteiger partial charge in [-0.2, -0.15) is 4.98 Å². The number of thioether (sulfide) groups is 1. The Morgan fingerprint density at radius 2 is 2.12 bits per heavy atom. The Balaban J connectivity index is 1.95. The van der Waals surface area contributed by atoms with E-state index in [0.717, 1.165) is 0 Å². The first-order valence-corrected chi connectivity index (χ1v) is 6.32. The fourth-order valence-corrected chi connectivity index (χ4v) is 2.00. The fraction of sp³-hybridized carbons (Fsp3) is 0.273. The number of nitrogens with zero attached hydrogens (tertiary/aromatic N) is 2. The van der Waals surface area contributed by atoms with Crippen LogP contribution in [0, 0.1) is 0 Å². The summed E-state index contributed by atoms with van der Waals surface area (Å²) in [7, 11) is 0. The Hall–Kier alpha value is -1.00. The zero-order valence-electron chi connectivity index (χ0n) is 8.76. The quantitative estimate of drug-likeness (QED) is 0.617. The van der Waals surface area contributed by atoms with Gasteiger partial charge in [0.1, 0.15) is 0 Å². The van der Waals surface area contributed by atoms with Gasteiger partial charge in [0.25, 0.3) is 0 Å². The minimum atomic E-state index is -0.209. The molecule has 2 aromatic rings. The molecule has 2 rings (SSSR count). The second-order valence-electron chi connectivity index (χ2n) is 3.26. The van der Waals surface area contributed by atoms with Crippen molar-refractivity contribution in [2.45, 2.75) is 22.9 Å². The Bertz CT molecular complexity index is 444. The summed E-state index contributed by atoms with van der Waals surface area (Å²) in [6.07, 6.45) is 0. The lowest BCUT2D eigenvalue weighted by Gasteiger charge is -1.96. The Morgan fingerprint density at radius 3 is 2.75 bits per heavy atom. The number of rotatable bonds is 4. The van der Waals surface area contributed by atoms with Crippen LogP contribution in [0.2, 0.25) is 0 Å². The third-order valence-corrected chi connectivity index (χ3v) is 3.14. The van der Waals surface area contributed by atoms with Crippen molar-refractivity contribution < 1.29 is 4.52 Å². The van der Waals surface area contributed by atoms with E-state index >= 15 is 0 Å². The fourth-order valence-electron chi connectivity index (χ4n) is 1.15. The zero-order chi connectivity index (χ0) is 11.4. The van der Waals surface area contributed by atoms with Crippen LogP contribution in [0.3, 0.4) is 0 Å². The Morgan fingerprint density at radius 1 is 1.38 bits per heavy atom. The summed E-state index contributed by atoms with van der Waals surface area (Å²) < 4.78 is 5.08. The molecule has 1 heterocycles. The first-order chi connectivity index (χ1) is 7.75. The van der Waals surface area contributed by atoms with Crippen LogP contribution in [0.1, 0.15) is 24.0 Å². The maximum Gasteiger partial charge on any atom is 0.237 e. The van der Waals surface area contributed by atoms with Gasteiger partial charge in [0.05, 0.1) is 11.1 Å². The molecule has 1 aromatic carbocycles. The first kappa shape index (κ1) is 11.5. The normalized spacial score (nSPS) is 12.6. The SMILES string of the molecule is CC(Cl)c1noc(CSc2ccccc2)n1. The van der Waals surface area contributed by atoms with Crippen LogP contribution in [0.25, 0.3) is 0 Å². The molecule has 84 valence electrons. The maximum absolute atomic E-state index is 5.84. The monoisotopic (exact) mass is 254 g/mol. The molecule has 1 atom stereocenters. The third kappa shape index (κ3) is 3.00. The van der Waals surface area contributed by atoms with Crippen molar-refractivity contribution in [3.05, 3.63) is 42.0 Å².